The molecule has 0 amide bonds. The number of hydrogen-bond donors (Lipinski definition) is 1. The molecule has 3 nitrogen and oxygen atoms in total. The number of fused-ring (bicyclic) bond motifs is 4. The fourth-order valence-corrected chi connectivity index (χ4v) is 3.68. The molecule has 2 atom stereocenters. The molecular weight excluding hydrogens is 336 g/mol. The van der Waals surface area contributed by atoms with Gasteiger partial charge in [-0.15, -0.1) is 0 Å². The van der Waals surface area contributed by atoms with Gasteiger partial charge in [0.15, 0.2) is 10.8 Å². The Balaban J connectivity index is 2.02. The Morgan fingerprint density at radius 1 is 1.65 bits per heavy atom. The van der Waals surface area contributed by atoms with E-state index >= 15 is 0 Å². The van der Waals surface area contributed by atoms with Crippen molar-refractivity contribution >= 4 is 33.3 Å². The van der Waals surface area contributed by atoms with Gasteiger partial charge in [-0.3, -0.25) is 0 Å². The van der Waals surface area contributed by atoms with Crippen molar-refractivity contribution in [2.75, 3.05) is 6.54 Å². The number of ether oxygens (including phenoxy) is 1. The molecule has 5 heteroatoms. The second-order valence-electron chi connectivity index (χ2n) is 5.71. The minimum absolute atomic E-state index is 0.204. The van der Waals surface area contributed by atoms with Crippen LogP contribution < -0.4 is 10.1 Å². The molecule has 0 aromatic heterocycles. The molecular formula is C15H17BrN2OS. The summed E-state index contributed by atoms with van der Waals surface area (Å²) in [6.45, 7) is 8.80. The molecule has 3 rings (SSSR count). The van der Waals surface area contributed by atoms with Crippen molar-refractivity contribution in [3.63, 3.8) is 0 Å². The normalized spacial score (nSPS) is 27.4. The topological polar surface area (TPSA) is 24.5 Å². The van der Waals surface area contributed by atoms with Crippen molar-refractivity contribution < 1.29 is 4.74 Å². The lowest BCUT2D eigenvalue weighted by Gasteiger charge is -2.52. The molecule has 2 bridgehead atoms. The lowest BCUT2D eigenvalue weighted by atomic mass is 9.90. The Morgan fingerprint density at radius 3 is 3.10 bits per heavy atom. The number of nitrogens with one attached hydrogen (secondary N) is 1. The van der Waals surface area contributed by atoms with Gasteiger partial charge in [-0.2, -0.15) is 0 Å². The fourth-order valence-electron chi connectivity index (χ4n) is 2.90. The van der Waals surface area contributed by atoms with Gasteiger partial charge in [-0.25, -0.2) is 0 Å². The smallest absolute Gasteiger partial charge is 0.184 e. The van der Waals surface area contributed by atoms with Crippen LogP contribution in [0.2, 0.25) is 0 Å². The number of nitrogens with zero attached hydrogens (tertiary/aromatic N) is 1. The highest BCUT2D eigenvalue weighted by molar-refractivity contribution is 9.10. The van der Waals surface area contributed by atoms with Crippen LogP contribution in [-0.2, 0) is 0 Å². The monoisotopic (exact) mass is 352 g/mol. The van der Waals surface area contributed by atoms with Crippen molar-refractivity contribution in [2.45, 2.75) is 32.0 Å². The maximum Gasteiger partial charge on any atom is 0.184 e. The molecule has 2 heterocycles. The van der Waals surface area contributed by atoms with Gasteiger partial charge in [0.1, 0.15) is 5.75 Å². The number of hydrogen-bond acceptors (Lipinski definition) is 2. The van der Waals surface area contributed by atoms with Crippen LogP contribution in [0.3, 0.4) is 0 Å². The first-order chi connectivity index (χ1) is 9.39. The number of benzene rings is 1. The van der Waals surface area contributed by atoms with Crippen molar-refractivity contribution in [3.8, 4) is 5.75 Å². The summed E-state index contributed by atoms with van der Waals surface area (Å²) >= 11 is 9.03. The maximum absolute atomic E-state index is 6.27. The first kappa shape index (κ1) is 13.9. The van der Waals surface area contributed by atoms with E-state index in [-0.39, 0.29) is 6.04 Å². The second-order valence-corrected chi connectivity index (χ2v) is 7.01. The van der Waals surface area contributed by atoms with Crippen LogP contribution in [0.15, 0.2) is 34.8 Å². The first-order valence-electron chi connectivity index (χ1n) is 6.60. The van der Waals surface area contributed by atoms with Crippen LogP contribution in [0, 0.1) is 0 Å². The lowest BCUT2D eigenvalue weighted by Crippen LogP contribution is -2.64. The molecule has 20 heavy (non-hydrogen) atoms. The van der Waals surface area contributed by atoms with Gasteiger partial charge in [0.05, 0.1) is 6.04 Å². The van der Waals surface area contributed by atoms with Crippen LogP contribution in [0.1, 0.15) is 31.9 Å². The van der Waals surface area contributed by atoms with E-state index in [1.807, 2.05) is 19.1 Å². The van der Waals surface area contributed by atoms with E-state index in [1.165, 1.54) is 0 Å². The maximum atomic E-state index is 6.27. The minimum atomic E-state index is -0.410. The molecule has 1 N–H and O–H groups in total. The third kappa shape index (κ3) is 2.23. The van der Waals surface area contributed by atoms with Gasteiger partial charge >= 0.3 is 0 Å². The van der Waals surface area contributed by atoms with Crippen molar-refractivity contribution in [2.24, 2.45) is 0 Å². The van der Waals surface area contributed by atoms with E-state index in [0.29, 0.717) is 6.54 Å². The lowest BCUT2D eigenvalue weighted by molar-refractivity contribution is -0.0641. The molecule has 1 fully saturated rings. The molecule has 0 spiro atoms. The molecule has 0 radical (unpaired) electrons. The molecule has 1 saturated heterocycles. The molecule has 0 saturated carbocycles. The molecule has 2 aliphatic rings. The summed E-state index contributed by atoms with van der Waals surface area (Å²) in [5.74, 6) is 0.925. The average Bonchev–Trinajstić information content (AvgIpc) is 2.35. The zero-order valence-electron chi connectivity index (χ0n) is 11.6. The molecule has 2 aliphatic heterocycles. The summed E-state index contributed by atoms with van der Waals surface area (Å²) in [6.07, 6.45) is 0.865. The van der Waals surface area contributed by atoms with Gasteiger partial charge in [0.2, 0.25) is 0 Å². The quantitative estimate of drug-likeness (QED) is 0.647. The third-order valence-electron chi connectivity index (χ3n) is 3.80. The Bertz CT molecular complexity index is 604. The van der Waals surface area contributed by atoms with E-state index in [0.717, 1.165) is 32.9 Å². The van der Waals surface area contributed by atoms with Crippen LogP contribution >= 0.6 is 28.1 Å². The zero-order valence-corrected chi connectivity index (χ0v) is 14.0. The summed E-state index contributed by atoms with van der Waals surface area (Å²) in [7, 11) is 0. The van der Waals surface area contributed by atoms with Gasteiger partial charge in [0, 0.05) is 23.0 Å². The predicted octanol–water partition coefficient (Wildman–Crippen LogP) is 3.76. The van der Waals surface area contributed by atoms with E-state index in [9.17, 15) is 0 Å². The number of thiocarbonyl (C=S) groups is 1. The number of rotatable bonds is 2. The van der Waals surface area contributed by atoms with Gasteiger partial charge < -0.3 is 15.0 Å². The number of halogens is 1. The second kappa shape index (κ2) is 4.74. The van der Waals surface area contributed by atoms with Crippen LogP contribution in [-0.4, -0.2) is 22.3 Å². The fraction of sp³-hybridized carbons (Fsp3) is 0.400. The Kier molecular flexibility index (Phi) is 3.29. The zero-order chi connectivity index (χ0) is 14.5. The standard InChI is InChI=1S/C15H17BrN2OS/c1-9(2)8-18-14(20)17-12-7-15(18,3)19-13-5-4-10(16)6-11(12)13/h4-6,12H,1,7-8H2,2-3H3,(H,17,20). The third-order valence-corrected chi connectivity index (χ3v) is 4.63. The molecule has 1 aromatic rings. The summed E-state index contributed by atoms with van der Waals surface area (Å²) in [4.78, 5) is 2.09. The van der Waals surface area contributed by atoms with Crippen molar-refractivity contribution in [1.82, 2.24) is 10.2 Å². The van der Waals surface area contributed by atoms with Gasteiger partial charge in [-0.1, -0.05) is 28.1 Å². The van der Waals surface area contributed by atoms with Crippen molar-refractivity contribution in [1.29, 1.82) is 0 Å². The van der Waals surface area contributed by atoms with E-state index in [4.69, 9.17) is 17.0 Å². The Morgan fingerprint density at radius 2 is 2.40 bits per heavy atom. The van der Waals surface area contributed by atoms with E-state index in [1.54, 1.807) is 0 Å². The van der Waals surface area contributed by atoms with Crippen molar-refractivity contribution in [3.05, 3.63) is 40.4 Å². The van der Waals surface area contributed by atoms with E-state index < -0.39 is 5.72 Å². The first-order valence-corrected chi connectivity index (χ1v) is 7.80. The summed E-state index contributed by atoms with van der Waals surface area (Å²) < 4.78 is 7.32. The molecule has 2 unspecified atom stereocenters. The largest absolute Gasteiger partial charge is 0.468 e. The predicted molar refractivity (Wildman–Crippen MR) is 87.8 cm³/mol. The van der Waals surface area contributed by atoms with Gasteiger partial charge in [-0.05, 0) is 44.3 Å². The Hall–Kier alpha value is -1.07. The summed E-state index contributed by atoms with van der Waals surface area (Å²) in [5, 5.41) is 4.16. The van der Waals surface area contributed by atoms with Gasteiger partial charge in [0.25, 0.3) is 0 Å². The highest BCUT2D eigenvalue weighted by Crippen LogP contribution is 2.44. The SMILES string of the molecule is C=C(C)CN1C(=S)NC2CC1(C)Oc1ccc(Br)cc12. The molecule has 1 aromatic carbocycles. The summed E-state index contributed by atoms with van der Waals surface area (Å²) in [6, 6.07) is 6.32. The molecule has 106 valence electrons. The Labute approximate surface area is 133 Å². The highest BCUT2D eigenvalue weighted by Gasteiger charge is 2.47. The minimum Gasteiger partial charge on any atom is -0.468 e. The average molecular weight is 353 g/mol. The van der Waals surface area contributed by atoms with Crippen LogP contribution in [0.25, 0.3) is 0 Å². The summed E-state index contributed by atoms with van der Waals surface area (Å²) in [5.41, 5.74) is 1.82. The van der Waals surface area contributed by atoms with Crippen LogP contribution in [0.4, 0.5) is 0 Å². The van der Waals surface area contributed by atoms with Crippen LogP contribution in [0.5, 0.6) is 5.75 Å². The van der Waals surface area contributed by atoms with E-state index in [2.05, 4.69) is 45.7 Å². The molecule has 0 aliphatic carbocycles. The highest BCUT2D eigenvalue weighted by atomic mass is 79.9.